The van der Waals surface area contributed by atoms with Crippen molar-refractivity contribution < 1.29 is 8.78 Å². The highest BCUT2D eigenvalue weighted by Gasteiger charge is 2.14. The Bertz CT molecular complexity index is 1020. The molecule has 1 aromatic heterocycles. The zero-order valence-corrected chi connectivity index (χ0v) is 13.9. The fraction of sp³-hybridized carbons (Fsp3) is 0.158. The summed E-state index contributed by atoms with van der Waals surface area (Å²) in [4.78, 5) is 24.8. The molecule has 26 heavy (non-hydrogen) atoms. The number of nitrogen functional groups attached to an aromatic ring is 1. The number of benzene rings is 2. The van der Waals surface area contributed by atoms with Gasteiger partial charge in [-0.3, -0.25) is 13.9 Å². The summed E-state index contributed by atoms with van der Waals surface area (Å²) in [5.74, 6) is -1.53. The molecule has 0 atom stereocenters. The van der Waals surface area contributed by atoms with Crippen LogP contribution < -0.4 is 17.0 Å². The monoisotopic (exact) mass is 357 g/mol. The molecule has 0 saturated heterocycles. The third-order valence-electron chi connectivity index (χ3n) is 4.12. The Labute approximate surface area is 147 Å². The van der Waals surface area contributed by atoms with Crippen LogP contribution in [0.25, 0.3) is 0 Å². The summed E-state index contributed by atoms with van der Waals surface area (Å²) in [7, 11) is 0. The van der Waals surface area contributed by atoms with Crippen molar-refractivity contribution in [1.82, 2.24) is 9.13 Å². The summed E-state index contributed by atoms with van der Waals surface area (Å²) in [5.41, 5.74) is 4.96. The number of rotatable bonds is 5. The molecular weight excluding hydrogens is 340 g/mol. The number of nitrogens with two attached hydrogens (primary N) is 1. The first kappa shape index (κ1) is 17.6. The van der Waals surface area contributed by atoms with Gasteiger partial charge in [-0.1, -0.05) is 36.4 Å². The van der Waals surface area contributed by atoms with Gasteiger partial charge in [-0.25, -0.2) is 13.6 Å². The molecule has 0 aliphatic carbocycles. The molecule has 0 saturated carbocycles. The Morgan fingerprint density at radius 1 is 0.923 bits per heavy atom. The molecule has 0 unspecified atom stereocenters. The molecule has 0 radical (unpaired) electrons. The lowest BCUT2D eigenvalue weighted by atomic mass is 10.1. The summed E-state index contributed by atoms with van der Waals surface area (Å²) >= 11 is 0. The first-order chi connectivity index (χ1) is 12.5. The van der Waals surface area contributed by atoms with E-state index in [1.54, 1.807) is 0 Å². The molecule has 0 spiro atoms. The zero-order chi connectivity index (χ0) is 18.7. The van der Waals surface area contributed by atoms with Gasteiger partial charge in [-0.05, 0) is 24.1 Å². The van der Waals surface area contributed by atoms with Crippen molar-refractivity contribution in [3.63, 3.8) is 0 Å². The summed E-state index contributed by atoms with van der Waals surface area (Å²) in [6.07, 6.45) is 1.57. The lowest BCUT2D eigenvalue weighted by Crippen LogP contribution is -2.41. The minimum absolute atomic E-state index is 0.118. The van der Waals surface area contributed by atoms with Crippen LogP contribution >= 0.6 is 0 Å². The van der Waals surface area contributed by atoms with Crippen molar-refractivity contribution >= 4 is 5.69 Å². The molecule has 5 nitrogen and oxygen atoms in total. The molecule has 0 bridgehead atoms. The molecule has 0 fully saturated rings. The van der Waals surface area contributed by atoms with E-state index in [1.807, 2.05) is 30.3 Å². The Hall–Kier alpha value is -3.22. The second kappa shape index (κ2) is 7.35. The van der Waals surface area contributed by atoms with E-state index in [0.717, 1.165) is 33.0 Å². The van der Waals surface area contributed by atoms with Gasteiger partial charge in [0.05, 0.1) is 6.54 Å². The molecule has 1 heterocycles. The molecule has 0 aliphatic rings. The van der Waals surface area contributed by atoms with E-state index < -0.39 is 22.9 Å². The van der Waals surface area contributed by atoms with Gasteiger partial charge in [0.25, 0.3) is 5.56 Å². The van der Waals surface area contributed by atoms with Crippen LogP contribution in [0.1, 0.15) is 11.1 Å². The van der Waals surface area contributed by atoms with Crippen molar-refractivity contribution in [1.29, 1.82) is 0 Å². The first-order valence-electron chi connectivity index (χ1n) is 8.04. The maximum absolute atomic E-state index is 13.9. The second-order valence-electron chi connectivity index (χ2n) is 5.89. The quantitative estimate of drug-likeness (QED) is 0.761. The fourth-order valence-electron chi connectivity index (χ4n) is 2.73. The van der Waals surface area contributed by atoms with Crippen molar-refractivity contribution in [3.05, 3.63) is 98.3 Å². The van der Waals surface area contributed by atoms with Gasteiger partial charge in [0.15, 0.2) is 0 Å². The number of halogens is 2. The minimum Gasteiger partial charge on any atom is -0.393 e. The van der Waals surface area contributed by atoms with Crippen LogP contribution in [-0.2, 0) is 19.5 Å². The van der Waals surface area contributed by atoms with Gasteiger partial charge in [-0.15, -0.1) is 0 Å². The number of hydrogen-bond acceptors (Lipinski definition) is 3. The lowest BCUT2D eigenvalue weighted by molar-refractivity contribution is 0.523. The number of anilines is 1. The number of aryl methyl sites for hydroxylation is 1. The molecule has 134 valence electrons. The number of aromatic nitrogens is 2. The standard InChI is InChI=1S/C19H17F2N3O2/c20-15-7-4-8-16(21)14(15)11-23-12-17(22)18(25)24(19(23)26)10-9-13-5-2-1-3-6-13/h1-8,12H,9-11,22H2. The van der Waals surface area contributed by atoms with Crippen LogP contribution in [0.3, 0.4) is 0 Å². The van der Waals surface area contributed by atoms with E-state index >= 15 is 0 Å². The average Bonchev–Trinajstić information content (AvgIpc) is 2.63. The highest BCUT2D eigenvalue weighted by molar-refractivity contribution is 5.32. The number of nitrogens with zero attached hydrogens (tertiary/aromatic N) is 2. The van der Waals surface area contributed by atoms with Gasteiger partial charge >= 0.3 is 5.69 Å². The van der Waals surface area contributed by atoms with Crippen molar-refractivity contribution in [3.8, 4) is 0 Å². The zero-order valence-electron chi connectivity index (χ0n) is 13.9. The SMILES string of the molecule is Nc1cn(Cc2c(F)cccc2F)c(=O)n(CCc2ccccc2)c1=O. The minimum atomic E-state index is -0.766. The van der Waals surface area contributed by atoms with Crippen LogP contribution in [0.15, 0.2) is 64.3 Å². The van der Waals surface area contributed by atoms with Crippen molar-refractivity contribution in [2.75, 3.05) is 5.73 Å². The van der Waals surface area contributed by atoms with Crippen LogP contribution in [0, 0.1) is 11.6 Å². The maximum atomic E-state index is 13.9. The first-order valence-corrected chi connectivity index (χ1v) is 8.04. The maximum Gasteiger partial charge on any atom is 0.331 e. The Morgan fingerprint density at radius 2 is 1.58 bits per heavy atom. The summed E-state index contributed by atoms with van der Waals surface area (Å²) < 4.78 is 29.8. The molecule has 2 aromatic carbocycles. The normalized spacial score (nSPS) is 10.8. The Kier molecular flexibility index (Phi) is 4.97. The van der Waals surface area contributed by atoms with E-state index in [2.05, 4.69) is 0 Å². The smallest absolute Gasteiger partial charge is 0.331 e. The van der Waals surface area contributed by atoms with Gasteiger partial charge in [-0.2, -0.15) is 0 Å². The lowest BCUT2D eigenvalue weighted by Gasteiger charge is -2.12. The van der Waals surface area contributed by atoms with Crippen molar-refractivity contribution in [2.45, 2.75) is 19.5 Å². The van der Waals surface area contributed by atoms with E-state index in [-0.39, 0.29) is 24.3 Å². The molecule has 0 aliphatic heterocycles. The Balaban J connectivity index is 1.96. The van der Waals surface area contributed by atoms with E-state index in [1.165, 1.54) is 6.07 Å². The summed E-state index contributed by atoms with van der Waals surface area (Å²) in [6.45, 7) is -0.236. The molecule has 7 heteroatoms. The fourth-order valence-corrected chi connectivity index (χ4v) is 2.73. The Morgan fingerprint density at radius 3 is 2.23 bits per heavy atom. The summed E-state index contributed by atoms with van der Waals surface area (Å²) in [5, 5.41) is 0. The largest absolute Gasteiger partial charge is 0.393 e. The molecular formula is C19H17F2N3O2. The molecule has 0 amide bonds. The summed E-state index contributed by atoms with van der Waals surface area (Å²) in [6, 6.07) is 12.8. The van der Waals surface area contributed by atoms with E-state index in [9.17, 15) is 18.4 Å². The predicted octanol–water partition coefficient (Wildman–Crippen LogP) is 2.16. The number of hydrogen-bond donors (Lipinski definition) is 1. The van der Waals surface area contributed by atoms with Gasteiger partial charge < -0.3 is 5.73 Å². The van der Waals surface area contributed by atoms with Crippen LogP contribution in [0.5, 0.6) is 0 Å². The predicted molar refractivity (Wildman–Crippen MR) is 95.0 cm³/mol. The highest BCUT2D eigenvalue weighted by atomic mass is 19.1. The van der Waals surface area contributed by atoms with Crippen LogP contribution in [-0.4, -0.2) is 9.13 Å². The van der Waals surface area contributed by atoms with E-state index in [4.69, 9.17) is 5.73 Å². The van der Waals surface area contributed by atoms with Gasteiger partial charge in [0, 0.05) is 18.3 Å². The van der Waals surface area contributed by atoms with Crippen molar-refractivity contribution in [2.24, 2.45) is 0 Å². The highest BCUT2D eigenvalue weighted by Crippen LogP contribution is 2.13. The average molecular weight is 357 g/mol. The second-order valence-corrected chi connectivity index (χ2v) is 5.89. The van der Waals surface area contributed by atoms with Gasteiger partial charge in [0.1, 0.15) is 17.3 Å². The molecule has 3 aromatic rings. The third kappa shape index (κ3) is 3.56. The molecule has 2 N–H and O–H groups in total. The van der Waals surface area contributed by atoms with Crippen LogP contribution in [0.2, 0.25) is 0 Å². The van der Waals surface area contributed by atoms with E-state index in [0.29, 0.717) is 6.42 Å². The topological polar surface area (TPSA) is 70.0 Å². The third-order valence-corrected chi connectivity index (χ3v) is 4.12. The van der Waals surface area contributed by atoms with Gasteiger partial charge in [0.2, 0.25) is 0 Å². The molecule has 3 rings (SSSR count). The van der Waals surface area contributed by atoms with Crippen LogP contribution in [0.4, 0.5) is 14.5 Å².